The van der Waals surface area contributed by atoms with E-state index >= 15 is 0 Å². The molecule has 0 radical (unpaired) electrons. The van der Waals surface area contributed by atoms with Crippen molar-refractivity contribution in [2.45, 2.75) is 20.8 Å². The second kappa shape index (κ2) is 5.53. The van der Waals surface area contributed by atoms with Crippen LogP contribution in [-0.2, 0) is 4.79 Å². The van der Waals surface area contributed by atoms with Gasteiger partial charge in [-0.25, -0.2) is 0 Å². The average molecular weight is 274 g/mol. The fourth-order valence-electron chi connectivity index (χ4n) is 1.55. The first-order chi connectivity index (χ1) is 9.20. The molecule has 1 N–H and O–H groups in total. The van der Waals surface area contributed by atoms with Crippen LogP contribution in [0.2, 0.25) is 0 Å². The molecule has 104 valence electrons. The third kappa shape index (κ3) is 3.01. The Balaban J connectivity index is 3.52. The van der Waals surface area contributed by atoms with E-state index in [1.807, 2.05) is 0 Å². The van der Waals surface area contributed by atoms with Gasteiger partial charge in [-0.3, -0.25) is 14.9 Å². The van der Waals surface area contributed by atoms with E-state index in [0.29, 0.717) is 0 Å². The second-order valence-corrected chi connectivity index (χ2v) is 5.19. The first-order valence-electron chi connectivity index (χ1n) is 5.82. The first-order valence-corrected chi connectivity index (χ1v) is 5.82. The normalized spacial score (nSPS) is 12.3. The van der Waals surface area contributed by atoms with Gasteiger partial charge in [0.15, 0.2) is 11.5 Å². The number of rotatable bonds is 3. The summed E-state index contributed by atoms with van der Waals surface area (Å²) >= 11 is 0. The van der Waals surface area contributed by atoms with Crippen LogP contribution < -0.4 is 0 Å². The second-order valence-electron chi connectivity index (χ2n) is 5.19. The highest BCUT2D eigenvalue weighted by Gasteiger charge is 2.30. The highest BCUT2D eigenvalue weighted by Crippen LogP contribution is 2.29. The Morgan fingerprint density at radius 1 is 1.35 bits per heavy atom. The van der Waals surface area contributed by atoms with Crippen molar-refractivity contribution in [3.8, 4) is 6.07 Å². The number of hydrogen-bond donors (Lipinski definition) is 1. The zero-order valence-corrected chi connectivity index (χ0v) is 11.4. The molecular weight excluding hydrogens is 260 g/mol. The van der Waals surface area contributed by atoms with Gasteiger partial charge in [0, 0.05) is 11.5 Å². The Hall–Kier alpha value is -2.68. The number of ketones is 1. The topological polar surface area (TPSA) is 104 Å². The third-order valence-electron chi connectivity index (χ3n) is 2.61. The van der Waals surface area contributed by atoms with Crippen molar-refractivity contribution in [3.63, 3.8) is 0 Å². The van der Waals surface area contributed by atoms with Gasteiger partial charge in [0.1, 0.15) is 11.6 Å². The van der Waals surface area contributed by atoms with Gasteiger partial charge in [0.25, 0.3) is 5.69 Å². The molecule has 0 aromatic heterocycles. The highest BCUT2D eigenvalue weighted by atomic mass is 16.6. The van der Waals surface area contributed by atoms with Gasteiger partial charge in [0.05, 0.1) is 10.5 Å². The molecule has 20 heavy (non-hydrogen) atoms. The Bertz CT molecular complexity index is 633. The van der Waals surface area contributed by atoms with Crippen molar-refractivity contribution in [2.24, 2.45) is 5.41 Å². The molecule has 0 fully saturated rings. The maximum atomic E-state index is 12.1. The quantitative estimate of drug-likeness (QED) is 0.300. The van der Waals surface area contributed by atoms with Crippen LogP contribution in [0.5, 0.6) is 0 Å². The first kappa shape index (κ1) is 15.4. The number of carbonyl (C=O) groups excluding carboxylic acids is 1. The molecule has 1 aromatic rings. The van der Waals surface area contributed by atoms with Crippen molar-refractivity contribution in [1.82, 2.24) is 0 Å². The number of para-hydroxylation sites is 1. The summed E-state index contributed by atoms with van der Waals surface area (Å²) in [5, 5.41) is 30.0. The summed E-state index contributed by atoms with van der Waals surface area (Å²) < 4.78 is 0. The molecule has 0 bridgehead atoms. The van der Waals surface area contributed by atoms with Gasteiger partial charge in [-0.2, -0.15) is 5.26 Å². The number of nitriles is 1. The Labute approximate surface area is 116 Å². The van der Waals surface area contributed by atoms with Crippen LogP contribution in [0.1, 0.15) is 26.3 Å². The van der Waals surface area contributed by atoms with E-state index in [1.165, 1.54) is 24.3 Å². The van der Waals surface area contributed by atoms with Crippen LogP contribution in [0.15, 0.2) is 29.8 Å². The lowest BCUT2D eigenvalue weighted by Crippen LogP contribution is -2.22. The monoisotopic (exact) mass is 274 g/mol. The number of aliphatic hydroxyl groups is 1. The molecule has 6 heteroatoms. The molecule has 0 amide bonds. The number of carbonyl (C=O) groups is 1. The molecule has 6 nitrogen and oxygen atoms in total. The zero-order valence-electron chi connectivity index (χ0n) is 11.4. The molecule has 0 saturated heterocycles. The minimum Gasteiger partial charge on any atom is -0.506 e. The Kier molecular flexibility index (Phi) is 4.25. The molecule has 0 aliphatic heterocycles. The molecule has 0 aliphatic rings. The molecule has 0 spiro atoms. The number of hydrogen-bond acceptors (Lipinski definition) is 5. The molecule has 0 aliphatic carbocycles. The molecule has 1 rings (SSSR count). The number of Topliss-reactive ketones (excluding diaryl/α,β-unsaturated/α-hetero) is 1. The van der Waals surface area contributed by atoms with Crippen LogP contribution in [0.3, 0.4) is 0 Å². The van der Waals surface area contributed by atoms with Crippen molar-refractivity contribution in [1.29, 1.82) is 5.26 Å². The fraction of sp³-hybridized carbons (Fsp3) is 0.286. The molecule has 0 heterocycles. The molecule has 0 atom stereocenters. The maximum Gasteiger partial charge on any atom is 0.280 e. The standard InChI is InChI=1S/C14H14N2O4/c1-14(2,3)13(18)10(8-15)12(17)9-6-4-5-7-11(9)16(19)20/h4-7,17H,1-3H3/b12-10-. The van der Waals surface area contributed by atoms with Crippen LogP contribution in [0, 0.1) is 26.9 Å². The number of benzene rings is 1. The maximum absolute atomic E-state index is 12.1. The van der Waals surface area contributed by atoms with E-state index in [2.05, 4.69) is 0 Å². The summed E-state index contributed by atoms with van der Waals surface area (Å²) in [6, 6.07) is 7.04. The SMILES string of the molecule is CC(C)(C)C(=O)/C(C#N)=C(\O)c1ccccc1[N+](=O)[O-]. The minimum atomic E-state index is -0.872. The average Bonchev–Trinajstić information content (AvgIpc) is 2.38. The number of nitro groups is 1. The molecule has 1 aromatic carbocycles. The number of nitro benzene ring substituents is 1. The summed E-state index contributed by atoms with van der Waals surface area (Å²) in [6.07, 6.45) is 0. The van der Waals surface area contributed by atoms with E-state index in [9.17, 15) is 20.0 Å². The van der Waals surface area contributed by atoms with Crippen LogP contribution >= 0.6 is 0 Å². The van der Waals surface area contributed by atoms with Gasteiger partial charge in [-0.05, 0) is 6.07 Å². The lowest BCUT2D eigenvalue weighted by molar-refractivity contribution is -0.385. The van der Waals surface area contributed by atoms with E-state index < -0.39 is 27.5 Å². The predicted octanol–water partition coefficient (Wildman–Crippen LogP) is 3.00. The van der Waals surface area contributed by atoms with Crippen molar-refractivity contribution in [2.75, 3.05) is 0 Å². The summed E-state index contributed by atoms with van der Waals surface area (Å²) in [6.45, 7) is 4.79. The third-order valence-corrected chi connectivity index (χ3v) is 2.61. The van der Waals surface area contributed by atoms with E-state index in [1.54, 1.807) is 26.8 Å². The van der Waals surface area contributed by atoms with Gasteiger partial charge in [-0.15, -0.1) is 0 Å². The van der Waals surface area contributed by atoms with Crippen LogP contribution in [0.25, 0.3) is 5.76 Å². The van der Waals surface area contributed by atoms with Gasteiger partial charge in [0.2, 0.25) is 0 Å². The Morgan fingerprint density at radius 2 is 1.90 bits per heavy atom. The van der Waals surface area contributed by atoms with Crippen molar-refractivity contribution < 1.29 is 14.8 Å². The number of nitrogens with zero attached hydrogens (tertiary/aromatic N) is 2. The predicted molar refractivity (Wildman–Crippen MR) is 72.7 cm³/mol. The van der Waals surface area contributed by atoms with Gasteiger partial charge >= 0.3 is 0 Å². The van der Waals surface area contributed by atoms with Crippen LogP contribution in [-0.4, -0.2) is 15.8 Å². The van der Waals surface area contributed by atoms with Crippen molar-refractivity contribution in [3.05, 3.63) is 45.5 Å². The molecular formula is C14H14N2O4. The molecule has 0 unspecified atom stereocenters. The fourth-order valence-corrected chi connectivity index (χ4v) is 1.55. The summed E-state index contributed by atoms with van der Waals surface area (Å²) in [5.41, 5.74) is -1.86. The smallest absolute Gasteiger partial charge is 0.280 e. The van der Waals surface area contributed by atoms with Crippen molar-refractivity contribution >= 4 is 17.2 Å². The van der Waals surface area contributed by atoms with Gasteiger partial charge < -0.3 is 5.11 Å². The number of allylic oxidation sites excluding steroid dienone is 1. The van der Waals surface area contributed by atoms with Gasteiger partial charge in [-0.1, -0.05) is 32.9 Å². The summed E-state index contributed by atoms with van der Waals surface area (Å²) in [5.74, 6) is -1.24. The Morgan fingerprint density at radius 3 is 2.35 bits per heavy atom. The van der Waals surface area contributed by atoms with Crippen LogP contribution in [0.4, 0.5) is 5.69 Å². The lowest BCUT2D eigenvalue weighted by atomic mass is 9.85. The molecule has 0 saturated carbocycles. The summed E-state index contributed by atoms with van der Waals surface area (Å²) in [4.78, 5) is 22.3. The largest absolute Gasteiger partial charge is 0.506 e. The summed E-state index contributed by atoms with van der Waals surface area (Å²) in [7, 11) is 0. The van der Waals surface area contributed by atoms with E-state index in [4.69, 9.17) is 5.26 Å². The lowest BCUT2D eigenvalue weighted by Gasteiger charge is -2.16. The highest BCUT2D eigenvalue weighted by molar-refractivity contribution is 6.08. The van der Waals surface area contributed by atoms with E-state index in [0.717, 1.165) is 0 Å². The zero-order chi connectivity index (χ0) is 15.5. The van der Waals surface area contributed by atoms with E-state index in [-0.39, 0.29) is 11.3 Å². The minimum absolute atomic E-state index is 0.147. The number of aliphatic hydroxyl groups excluding tert-OH is 1.